The van der Waals surface area contributed by atoms with E-state index in [1.165, 1.54) is 0 Å². The third-order valence-electron chi connectivity index (χ3n) is 4.27. The summed E-state index contributed by atoms with van der Waals surface area (Å²) in [6, 6.07) is 21.8. The molecule has 4 rings (SSSR count). The minimum absolute atomic E-state index is 0.334. The lowest BCUT2D eigenvalue weighted by Gasteiger charge is -2.09. The lowest BCUT2D eigenvalue weighted by atomic mass is 10.1. The number of benzene rings is 3. The zero-order valence-electron chi connectivity index (χ0n) is 15.2. The van der Waals surface area contributed by atoms with Crippen molar-refractivity contribution < 1.29 is 14.3 Å². The third kappa shape index (κ3) is 4.20. The molecule has 0 spiro atoms. The first-order valence-electron chi connectivity index (χ1n) is 8.87. The highest BCUT2D eigenvalue weighted by Crippen LogP contribution is 2.25. The maximum Gasteiger partial charge on any atom is 0.339 e. The number of rotatable bonds is 5. The molecule has 1 aromatic heterocycles. The van der Waals surface area contributed by atoms with Gasteiger partial charge in [-0.2, -0.15) is 0 Å². The first-order chi connectivity index (χ1) is 14.1. The van der Waals surface area contributed by atoms with Crippen molar-refractivity contribution in [3.05, 3.63) is 82.8 Å². The smallest absolute Gasteiger partial charge is 0.339 e. The van der Waals surface area contributed by atoms with Crippen LogP contribution < -0.4 is 5.32 Å². The Balaban J connectivity index is 1.49. The first-order valence-corrected chi connectivity index (χ1v) is 9.67. The molecule has 0 unspecified atom stereocenters. The highest BCUT2D eigenvalue weighted by Gasteiger charge is 2.17. The molecule has 2 N–H and O–H groups in total. The molecule has 0 atom stereocenters. The summed E-state index contributed by atoms with van der Waals surface area (Å²) < 4.78 is 5.98. The Bertz CT molecular complexity index is 1170. The van der Waals surface area contributed by atoms with Crippen molar-refractivity contribution in [1.29, 1.82) is 0 Å². The van der Waals surface area contributed by atoms with Crippen molar-refractivity contribution in [1.82, 2.24) is 9.97 Å². The molecule has 0 aliphatic rings. The number of amides is 1. The van der Waals surface area contributed by atoms with Crippen molar-refractivity contribution >= 4 is 44.5 Å². The van der Waals surface area contributed by atoms with E-state index in [-0.39, 0.29) is 0 Å². The Morgan fingerprint density at radius 3 is 2.52 bits per heavy atom. The van der Waals surface area contributed by atoms with Crippen molar-refractivity contribution in [2.24, 2.45) is 0 Å². The van der Waals surface area contributed by atoms with Crippen molar-refractivity contribution in [2.45, 2.75) is 0 Å². The summed E-state index contributed by atoms with van der Waals surface area (Å²) in [7, 11) is 0. The molecule has 144 valence electrons. The highest BCUT2D eigenvalue weighted by molar-refractivity contribution is 9.10. The number of carbonyl (C=O) groups is 2. The fourth-order valence-electron chi connectivity index (χ4n) is 2.91. The number of carbonyl (C=O) groups excluding carboxylic acids is 2. The topological polar surface area (TPSA) is 84.1 Å². The first kappa shape index (κ1) is 18.9. The molecular formula is C22H16BrN3O3. The summed E-state index contributed by atoms with van der Waals surface area (Å²) in [5, 5.41) is 2.70. The molecule has 0 aliphatic heterocycles. The standard InChI is InChI=1S/C22H16BrN3O3/c23-16-9-3-4-10-17(16)24-20(27)13-29-22(28)15-8-2-1-7-14(15)21-25-18-11-5-6-12-19(18)26-21/h1-12H,13H2,(H,24,27)(H,25,26). The van der Waals surface area contributed by atoms with Crippen molar-refractivity contribution in [3.8, 4) is 11.4 Å². The Labute approximate surface area is 175 Å². The third-order valence-corrected chi connectivity index (χ3v) is 4.97. The molecule has 0 bridgehead atoms. The number of nitrogens with one attached hydrogen (secondary N) is 2. The Morgan fingerprint density at radius 2 is 1.69 bits per heavy atom. The van der Waals surface area contributed by atoms with Crippen LogP contribution in [0.25, 0.3) is 22.4 Å². The van der Waals surface area contributed by atoms with Crippen LogP contribution >= 0.6 is 15.9 Å². The molecule has 0 fully saturated rings. The Kier molecular flexibility index (Phi) is 5.39. The number of aromatic nitrogens is 2. The van der Waals surface area contributed by atoms with Crippen LogP contribution in [0.5, 0.6) is 0 Å². The molecule has 4 aromatic rings. The number of para-hydroxylation sites is 3. The molecule has 1 amide bonds. The molecule has 29 heavy (non-hydrogen) atoms. The van der Waals surface area contributed by atoms with Gasteiger partial charge in [0, 0.05) is 10.0 Å². The lowest BCUT2D eigenvalue weighted by molar-refractivity contribution is -0.119. The van der Waals surface area contributed by atoms with Crippen LogP contribution in [0.15, 0.2) is 77.3 Å². The summed E-state index contributed by atoms with van der Waals surface area (Å²) in [5.74, 6) is -0.453. The number of anilines is 1. The molecule has 0 aliphatic carbocycles. The van der Waals surface area contributed by atoms with E-state index in [4.69, 9.17) is 4.74 Å². The fraction of sp³-hybridized carbons (Fsp3) is 0.0455. The molecule has 0 saturated carbocycles. The number of nitrogens with zero attached hydrogens (tertiary/aromatic N) is 1. The summed E-state index contributed by atoms with van der Waals surface area (Å²) in [6.45, 7) is -0.394. The van der Waals surface area contributed by atoms with Gasteiger partial charge in [0.2, 0.25) is 0 Å². The molecule has 0 radical (unpaired) electrons. The SMILES string of the molecule is O=C(COC(=O)c1ccccc1-c1nc2ccccc2[nH]1)Nc1ccccc1Br. The van der Waals surface area contributed by atoms with Crippen LogP contribution in [0.3, 0.4) is 0 Å². The van der Waals surface area contributed by atoms with Gasteiger partial charge in [0.15, 0.2) is 6.61 Å². The van der Waals surface area contributed by atoms with Crippen LogP contribution in [0.4, 0.5) is 5.69 Å². The normalized spacial score (nSPS) is 10.7. The van der Waals surface area contributed by atoms with Gasteiger partial charge in [0.05, 0.1) is 22.3 Å². The number of imidazole rings is 1. The van der Waals surface area contributed by atoms with E-state index in [1.54, 1.807) is 30.3 Å². The van der Waals surface area contributed by atoms with E-state index in [0.29, 0.717) is 22.6 Å². The Hall–Kier alpha value is -3.45. The van der Waals surface area contributed by atoms with Gasteiger partial charge >= 0.3 is 5.97 Å². The van der Waals surface area contributed by atoms with Crippen LogP contribution in [0.2, 0.25) is 0 Å². The molecular weight excluding hydrogens is 434 g/mol. The maximum absolute atomic E-state index is 12.6. The molecule has 0 saturated heterocycles. The number of hydrogen-bond acceptors (Lipinski definition) is 4. The number of halogens is 1. The number of hydrogen-bond donors (Lipinski definition) is 2. The minimum atomic E-state index is -0.594. The van der Waals surface area contributed by atoms with Gasteiger partial charge in [-0.25, -0.2) is 9.78 Å². The fourth-order valence-corrected chi connectivity index (χ4v) is 3.29. The second-order valence-corrected chi connectivity index (χ2v) is 7.11. The molecule has 1 heterocycles. The van der Waals surface area contributed by atoms with Gasteiger partial charge < -0.3 is 15.0 Å². The van der Waals surface area contributed by atoms with Gasteiger partial charge in [-0.3, -0.25) is 4.79 Å². The van der Waals surface area contributed by atoms with Gasteiger partial charge in [-0.05, 0) is 46.3 Å². The van der Waals surface area contributed by atoms with E-state index < -0.39 is 18.5 Å². The van der Waals surface area contributed by atoms with E-state index in [2.05, 4.69) is 31.2 Å². The predicted octanol–water partition coefficient (Wildman–Crippen LogP) is 4.79. The van der Waals surface area contributed by atoms with Gasteiger partial charge in [0.1, 0.15) is 5.82 Å². The number of ether oxygens (including phenoxy) is 1. The van der Waals surface area contributed by atoms with E-state index in [1.807, 2.05) is 42.5 Å². The van der Waals surface area contributed by atoms with E-state index in [0.717, 1.165) is 15.5 Å². The van der Waals surface area contributed by atoms with Crippen LogP contribution in [0, 0.1) is 0 Å². The summed E-state index contributed by atoms with van der Waals surface area (Å²) in [5.41, 5.74) is 3.23. The maximum atomic E-state index is 12.6. The summed E-state index contributed by atoms with van der Waals surface area (Å²) in [4.78, 5) is 32.5. The van der Waals surface area contributed by atoms with Crippen molar-refractivity contribution in [2.75, 3.05) is 11.9 Å². The monoisotopic (exact) mass is 449 g/mol. The van der Waals surface area contributed by atoms with E-state index in [9.17, 15) is 9.59 Å². The number of H-pyrrole nitrogens is 1. The second kappa shape index (κ2) is 8.28. The number of aromatic amines is 1. The molecule has 7 heteroatoms. The zero-order valence-corrected chi connectivity index (χ0v) is 16.8. The van der Waals surface area contributed by atoms with Gasteiger partial charge in [-0.15, -0.1) is 0 Å². The minimum Gasteiger partial charge on any atom is -0.452 e. The van der Waals surface area contributed by atoms with E-state index >= 15 is 0 Å². The summed E-state index contributed by atoms with van der Waals surface area (Å²) in [6.07, 6.45) is 0. The quantitative estimate of drug-likeness (QED) is 0.429. The van der Waals surface area contributed by atoms with Crippen molar-refractivity contribution in [3.63, 3.8) is 0 Å². The molecule has 6 nitrogen and oxygen atoms in total. The molecule has 3 aromatic carbocycles. The average molecular weight is 450 g/mol. The van der Waals surface area contributed by atoms with Gasteiger partial charge in [-0.1, -0.05) is 42.5 Å². The van der Waals surface area contributed by atoms with Gasteiger partial charge in [0.25, 0.3) is 5.91 Å². The zero-order chi connectivity index (χ0) is 20.2. The number of esters is 1. The predicted molar refractivity (Wildman–Crippen MR) is 115 cm³/mol. The lowest BCUT2D eigenvalue weighted by Crippen LogP contribution is -2.21. The number of fused-ring (bicyclic) bond motifs is 1. The van der Waals surface area contributed by atoms with Crippen LogP contribution in [0.1, 0.15) is 10.4 Å². The average Bonchev–Trinajstić information content (AvgIpc) is 3.18. The second-order valence-electron chi connectivity index (χ2n) is 6.25. The Morgan fingerprint density at radius 1 is 0.966 bits per heavy atom. The van der Waals surface area contributed by atoms with Crippen LogP contribution in [-0.2, 0) is 9.53 Å². The highest BCUT2D eigenvalue weighted by atomic mass is 79.9. The summed E-state index contributed by atoms with van der Waals surface area (Å²) >= 11 is 3.36. The van der Waals surface area contributed by atoms with Crippen LogP contribution in [-0.4, -0.2) is 28.5 Å². The largest absolute Gasteiger partial charge is 0.452 e.